The van der Waals surface area contributed by atoms with Crippen LogP contribution in [0.25, 0.3) is 28.1 Å². The Hall–Kier alpha value is -3.71. The molecule has 0 spiro atoms. The first-order chi connectivity index (χ1) is 17.2. The molecule has 35 heavy (non-hydrogen) atoms. The normalized spacial score (nSPS) is 14.3. The van der Waals surface area contributed by atoms with Gasteiger partial charge in [-0.3, -0.25) is 4.99 Å². The van der Waals surface area contributed by atoms with Gasteiger partial charge in [0.25, 0.3) is 0 Å². The molecule has 6 nitrogen and oxygen atoms in total. The summed E-state index contributed by atoms with van der Waals surface area (Å²) in [5.41, 5.74) is 6.61. The Labute approximate surface area is 211 Å². The Morgan fingerprint density at radius 2 is 1.83 bits per heavy atom. The van der Waals surface area contributed by atoms with Crippen molar-refractivity contribution in [3.8, 4) is 23.0 Å². The summed E-state index contributed by atoms with van der Waals surface area (Å²) in [5.74, 6) is 0.540. The number of nitrogens with zero attached hydrogens (tertiary/aromatic N) is 4. The number of pyridine rings is 1. The summed E-state index contributed by atoms with van der Waals surface area (Å²) in [6, 6.07) is 25.0. The third-order valence-corrected chi connectivity index (χ3v) is 6.94. The summed E-state index contributed by atoms with van der Waals surface area (Å²) >= 11 is 3.56. The van der Waals surface area contributed by atoms with Gasteiger partial charge in [0.05, 0.1) is 46.6 Å². The molecule has 3 aliphatic rings. The number of anilines is 2. The zero-order valence-corrected chi connectivity index (χ0v) is 20.9. The van der Waals surface area contributed by atoms with Gasteiger partial charge >= 0.3 is 0 Å². The minimum Gasteiger partial charge on any atom is -0.480 e. The van der Waals surface area contributed by atoms with Crippen molar-refractivity contribution in [1.82, 2.24) is 14.5 Å². The number of fused-ring (bicyclic) bond motifs is 2. The largest absolute Gasteiger partial charge is 0.480 e. The Bertz CT molecular complexity index is 1560. The van der Waals surface area contributed by atoms with Crippen molar-refractivity contribution in [2.45, 2.75) is 25.3 Å². The van der Waals surface area contributed by atoms with Crippen LogP contribution in [0.15, 0.2) is 88.5 Å². The first kappa shape index (κ1) is 21.8. The number of methoxy groups -OCH3 is 1. The summed E-state index contributed by atoms with van der Waals surface area (Å²) in [6.45, 7) is 0. The Balaban J connectivity index is 1.63. The van der Waals surface area contributed by atoms with E-state index in [1.54, 1.807) is 13.3 Å². The first-order valence-electron chi connectivity index (χ1n) is 11.7. The lowest BCUT2D eigenvalue weighted by Gasteiger charge is -2.23. The highest BCUT2D eigenvalue weighted by atomic mass is 79.9. The topological polar surface area (TPSA) is 64.3 Å². The molecule has 0 amide bonds. The zero-order chi connectivity index (χ0) is 23.8. The molecule has 2 aliphatic carbocycles. The number of hydrogen-bond donors (Lipinski definition) is 1. The summed E-state index contributed by atoms with van der Waals surface area (Å²) in [4.78, 5) is 14.5. The van der Waals surface area contributed by atoms with Crippen LogP contribution in [0.3, 0.4) is 0 Å². The van der Waals surface area contributed by atoms with Gasteiger partial charge < -0.3 is 14.6 Å². The van der Waals surface area contributed by atoms with E-state index in [0.717, 1.165) is 62.2 Å². The third-order valence-electron chi connectivity index (χ3n) is 6.41. The minimum atomic E-state index is 0.346. The second-order valence-electron chi connectivity index (χ2n) is 8.67. The minimum absolute atomic E-state index is 0.346. The van der Waals surface area contributed by atoms with Gasteiger partial charge in [-0.1, -0.05) is 28.1 Å². The van der Waals surface area contributed by atoms with Gasteiger partial charge in [-0.15, -0.1) is 0 Å². The zero-order valence-electron chi connectivity index (χ0n) is 19.3. The van der Waals surface area contributed by atoms with Crippen molar-refractivity contribution in [3.05, 3.63) is 88.8 Å². The van der Waals surface area contributed by atoms with Crippen LogP contribution in [0.5, 0.6) is 5.88 Å². The summed E-state index contributed by atoms with van der Waals surface area (Å²) in [6.07, 6.45) is 5.19. The van der Waals surface area contributed by atoms with Crippen molar-refractivity contribution in [3.63, 3.8) is 0 Å². The second kappa shape index (κ2) is 9.15. The number of ether oxygens (including phenoxy) is 1. The van der Waals surface area contributed by atoms with Crippen molar-refractivity contribution in [2.75, 3.05) is 12.4 Å². The average molecular weight is 526 g/mol. The fourth-order valence-electron chi connectivity index (χ4n) is 4.42. The van der Waals surface area contributed by atoms with Crippen LogP contribution >= 0.6 is 15.9 Å². The highest BCUT2D eigenvalue weighted by Crippen LogP contribution is 2.32. The molecule has 3 aromatic rings. The molecule has 7 heteroatoms. The van der Waals surface area contributed by atoms with Gasteiger partial charge in [-0.25, -0.2) is 9.97 Å². The predicted molar refractivity (Wildman–Crippen MR) is 143 cm³/mol. The van der Waals surface area contributed by atoms with Gasteiger partial charge in [0.15, 0.2) is 0 Å². The maximum atomic E-state index is 5.47. The molecule has 1 fully saturated rings. The highest BCUT2D eigenvalue weighted by molar-refractivity contribution is 9.10. The van der Waals surface area contributed by atoms with Crippen LogP contribution in [0, 0.1) is 0 Å². The number of nitrogens with one attached hydrogen (secondary N) is 1. The highest BCUT2D eigenvalue weighted by Gasteiger charge is 2.20. The van der Waals surface area contributed by atoms with Crippen molar-refractivity contribution >= 4 is 38.3 Å². The van der Waals surface area contributed by atoms with Gasteiger partial charge in [0, 0.05) is 16.4 Å². The molecule has 0 saturated heterocycles. The molecule has 0 radical (unpaired) electrons. The Morgan fingerprint density at radius 3 is 2.60 bits per heavy atom. The second-order valence-corrected chi connectivity index (χ2v) is 9.59. The quantitative estimate of drug-likeness (QED) is 0.266. The molecule has 2 aromatic carbocycles. The van der Waals surface area contributed by atoms with Gasteiger partial charge in [0.2, 0.25) is 5.88 Å². The Kier molecular flexibility index (Phi) is 5.70. The lowest BCUT2D eigenvalue weighted by Crippen LogP contribution is -2.22. The van der Waals surface area contributed by atoms with Crippen LogP contribution in [-0.4, -0.2) is 27.7 Å². The molecule has 0 bridgehead atoms. The number of para-hydroxylation sites is 2. The van der Waals surface area contributed by atoms with E-state index in [9.17, 15) is 0 Å². The standard InChI is InChI=1S/C28H24BrN5O/c1-35-28-22(9-5-15-30-28)33-23-16-25-27(17-24(23)31-19-6-4-7-19)34(20-13-11-18(29)12-14-20)26-10-3-2-8-21(26)32-25/h2-3,5,8-17,19,33H,4,6-7H2,1H3/b31-24+. The van der Waals surface area contributed by atoms with E-state index >= 15 is 0 Å². The third kappa shape index (κ3) is 4.17. The van der Waals surface area contributed by atoms with Crippen LogP contribution < -0.4 is 15.4 Å². The van der Waals surface area contributed by atoms with E-state index in [1.165, 1.54) is 6.42 Å². The van der Waals surface area contributed by atoms with E-state index in [4.69, 9.17) is 14.7 Å². The molecular formula is C28H24BrN5O. The summed E-state index contributed by atoms with van der Waals surface area (Å²) in [5, 5.41) is 4.43. The van der Waals surface area contributed by atoms with E-state index in [2.05, 4.69) is 79.3 Å². The predicted octanol–water partition coefficient (Wildman–Crippen LogP) is 6.49. The summed E-state index contributed by atoms with van der Waals surface area (Å²) < 4.78 is 8.78. The van der Waals surface area contributed by atoms with Crippen LogP contribution in [-0.2, 0) is 0 Å². The molecule has 1 aliphatic heterocycles. The molecular weight excluding hydrogens is 502 g/mol. The fraction of sp³-hybridized carbons (Fsp3) is 0.179. The van der Waals surface area contributed by atoms with E-state index in [1.807, 2.05) is 24.3 Å². The molecule has 1 N–H and O–H groups in total. The van der Waals surface area contributed by atoms with Crippen LogP contribution in [0.1, 0.15) is 19.3 Å². The van der Waals surface area contributed by atoms with Crippen LogP contribution in [0.4, 0.5) is 11.4 Å². The van der Waals surface area contributed by atoms with Crippen molar-refractivity contribution in [1.29, 1.82) is 0 Å². The fourth-order valence-corrected chi connectivity index (χ4v) is 4.69. The number of halogens is 1. The van der Waals surface area contributed by atoms with Crippen molar-refractivity contribution in [2.24, 2.45) is 4.99 Å². The maximum Gasteiger partial charge on any atom is 0.237 e. The number of rotatable bonds is 5. The SMILES string of the molecule is COc1ncccc1Nc1cc2nc3ccccc3n(-c3ccc(Br)cc3)c-2c/c1=N\C1CCC1. The monoisotopic (exact) mass is 525 g/mol. The van der Waals surface area contributed by atoms with E-state index in [0.29, 0.717) is 11.9 Å². The lowest BCUT2D eigenvalue weighted by atomic mass is 9.94. The molecule has 0 atom stereocenters. The van der Waals surface area contributed by atoms with Crippen LogP contribution in [0.2, 0.25) is 0 Å². The summed E-state index contributed by atoms with van der Waals surface area (Å²) in [7, 11) is 1.63. The number of aromatic nitrogens is 3. The van der Waals surface area contributed by atoms with Gasteiger partial charge in [-0.2, -0.15) is 0 Å². The number of hydrogen-bond acceptors (Lipinski definition) is 5. The molecule has 1 saturated carbocycles. The molecule has 2 heterocycles. The van der Waals surface area contributed by atoms with E-state index < -0.39 is 0 Å². The molecule has 174 valence electrons. The Morgan fingerprint density at radius 1 is 1.00 bits per heavy atom. The first-order valence-corrected chi connectivity index (χ1v) is 12.5. The maximum absolute atomic E-state index is 5.47. The van der Waals surface area contributed by atoms with Crippen molar-refractivity contribution < 1.29 is 4.74 Å². The molecule has 1 aromatic heterocycles. The molecule has 0 unspecified atom stereocenters. The average Bonchev–Trinajstić information content (AvgIpc) is 2.86. The van der Waals surface area contributed by atoms with Gasteiger partial charge in [-0.05, 0) is 79.9 Å². The number of benzene rings is 3. The van der Waals surface area contributed by atoms with E-state index in [-0.39, 0.29) is 0 Å². The smallest absolute Gasteiger partial charge is 0.237 e. The van der Waals surface area contributed by atoms with Gasteiger partial charge in [0.1, 0.15) is 5.69 Å². The molecule has 6 rings (SSSR count). The lowest BCUT2D eigenvalue weighted by molar-refractivity contribution is 0.400.